The third-order valence-electron chi connectivity index (χ3n) is 19.6. The molecule has 7 heterocycles. The molecule has 14 aromatic carbocycles. The predicted molar refractivity (Wildman–Crippen MR) is 403 cm³/mol. The van der Waals surface area contributed by atoms with E-state index in [0.29, 0.717) is 5.82 Å². The molecule has 0 radical (unpaired) electrons. The molecule has 0 aliphatic carbocycles. The molecule has 0 aliphatic heterocycles. The molecule has 0 fully saturated rings. The number of nitrogens with zero attached hydrogens (tertiary/aromatic N) is 5. The monoisotopic (exact) mass is 1250 g/mol. The lowest BCUT2D eigenvalue weighted by atomic mass is 10.0. The highest BCUT2D eigenvalue weighted by atomic mass is 32.1. The Morgan fingerprint density at radius 2 is 0.564 bits per heavy atom. The van der Waals surface area contributed by atoms with Crippen molar-refractivity contribution in [1.82, 2.24) is 23.7 Å². The van der Waals surface area contributed by atoms with Gasteiger partial charge in [-0.25, -0.2) is 9.97 Å². The smallest absolute Gasteiger partial charge is 0.162 e. The highest BCUT2D eigenvalue weighted by Gasteiger charge is 2.23. The molecular formula is C86H49N5S3. The van der Waals surface area contributed by atoms with E-state index in [0.717, 1.165) is 77.5 Å². The summed E-state index contributed by atoms with van der Waals surface area (Å²) in [6.45, 7) is 0. The van der Waals surface area contributed by atoms with Crippen molar-refractivity contribution in [2.24, 2.45) is 0 Å². The molecule has 0 spiro atoms. The fourth-order valence-corrected chi connectivity index (χ4v) is 18.7. The predicted octanol–water partition coefficient (Wildman–Crippen LogP) is 24.7. The van der Waals surface area contributed by atoms with E-state index in [-0.39, 0.29) is 0 Å². The van der Waals surface area contributed by atoms with Crippen LogP contribution < -0.4 is 0 Å². The van der Waals surface area contributed by atoms with Crippen LogP contribution in [0.1, 0.15) is 0 Å². The van der Waals surface area contributed by atoms with Crippen LogP contribution in [0.5, 0.6) is 0 Å². The molecule has 0 saturated heterocycles. The van der Waals surface area contributed by atoms with Crippen LogP contribution in [0.3, 0.4) is 0 Å². The Labute approximate surface area is 549 Å². The largest absolute Gasteiger partial charge is 0.309 e. The molecule has 0 unspecified atom stereocenters. The quantitative estimate of drug-likeness (QED) is 0.160. The SMILES string of the molecule is c1cc(-c2nc(-n3c4ccccc4c4cc(-c5ccc6c(c5)sc5ccccc56)ccc43)c3cc(-n4c5ccccc5c5cc(-c6ccc7c(c6)sc6ccccc67)ccc54)ccc3n2)cc(-n2c3ccccc3c3cc(-c4ccc5c(c4)sc4ccccc45)ccc32)c1. The van der Waals surface area contributed by atoms with Gasteiger partial charge in [0.1, 0.15) is 5.82 Å². The van der Waals surface area contributed by atoms with Gasteiger partial charge in [-0.1, -0.05) is 176 Å². The first kappa shape index (κ1) is 52.1. The lowest BCUT2D eigenvalue weighted by molar-refractivity contribution is 1.07. The third kappa shape index (κ3) is 7.79. The number of fused-ring (bicyclic) bond motifs is 19. The molecule has 94 heavy (non-hydrogen) atoms. The zero-order valence-electron chi connectivity index (χ0n) is 50.3. The summed E-state index contributed by atoms with van der Waals surface area (Å²) in [7, 11) is 0. The van der Waals surface area contributed by atoms with Gasteiger partial charge in [-0.3, -0.25) is 4.57 Å². The minimum absolute atomic E-state index is 0.647. The van der Waals surface area contributed by atoms with Crippen molar-refractivity contribution >= 4 is 171 Å². The van der Waals surface area contributed by atoms with Gasteiger partial charge in [-0.2, -0.15) is 0 Å². The second-order valence-corrected chi connectivity index (χ2v) is 28.1. The summed E-state index contributed by atoms with van der Waals surface area (Å²) in [5, 5.41) is 15.9. The van der Waals surface area contributed by atoms with E-state index in [4.69, 9.17) is 9.97 Å². The molecule has 0 bridgehead atoms. The number of hydrogen-bond acceptors (Lipinski definition) is 5. The molecule has 0 aliphatic rings. The summed E-state index contributed by atoms with van der Waals surface area (Å²) in [5.74, 6) is 1.46. The Morgan fingerprint density at radius 3 is 1.03 bits per heavy atom. The zero-order chi connectivity index (χ0) is 61.3. The van der Waals surface area contributed by atoms with Gasteiger partial charge in [0.2, 0.25) is 0 Å². The van der Waals surface area contributed by atoms with Crippen molar-refractivity contribution in [3.8, 4) is 62.0 Å². The van der Waals surface area contributed by atoms with Crippen molar-refractivity contribution < 1.29 is 0 Å². The van der Waals surface area contributed by atoms with Crippen molar-refractivity contribution in [3.05, 3.63) is 297 Å². The van der Waals surface area contributed by atoms with Gasteiger partial charge < -0.3 is 9.13 Å². The first-order chi connectivity index (χ1) is 46.5. The van der Waals surface area contributed by atoms with E-state index >= 15 is 0 Å². The Balaban J connectivity index is 0.743. The summed E-state index contributed by atoms with van der Waals surface area (Å²) < 4.78 is 15.1. The summed E-state index contributed by atoms with van der Waals surface area (Å²) in [4.78, 5) is 11.4. The van der Waals surface area contributed by atoms with Gasteiger partial charge in [0, 0.05) is 115 Å². The van der Waals surface area contributed by atoms with Crippen molar-refractivity contribution in [2.45, 2.75) is 0 Å². The maximum Gasteiger partial charge on any atom is 0.162 e. The lowest BCUT2D eigenvalue weighted by Crippen LogP contribution is -2.04. The van der Waals surface area contributed by atoms with Gasteiger partial charge in [0.05, 0.1) is 38.6 Å². The number of para-hydroxylation sites is 3. The number of hydrogen-bond donors (Lipinski definition) is 0. The van der Waals surface area contributed by atoms with Crippen LogP contribution in [-0.4, -0.2) is 23.7 Å². The molecule has 7 aromatic heterocycles. The molecule has 0 amide bonds. The topological polar surface area (TPSA) is 40.6 Å². The van der Waals surface area contributed by atoms with E-state index in [1.54, 1.807) is 0 Å². The van der Waals surface area contributed by atoms with E-state index in [9.17, 15) is 0 Å². The molecule has 21 aromatic rings. The molecule has 0 N–H and O–H groups in total. The normalized spacial score (nSPS) is 12.3. The van der Waals surface area contributed by atoms with Gasteiger partial charge in [-0.05, 0) is 155 Å². The van der Waals surface area contributed by atoms with Gasteiger partial charge >= 0.3 is 0 Å². The molecule has 0 saturated carbocycles. The molecule has 0 atom stereocenters. The Kier molecular flexibility index (Phi) is 11.1. The maximum absolute atomic E-state index is 5.84. The van der Waals surface area contributed by atoms with Crippen LogP contribution in [0.2, 0.25) is 0 Å². The van der Waals surface area contributed by atoms with Gasteiger partial charge in [-0.15, -0.1) is 34.0 Å². The highest BCUT2D eigenvalue weighted by molar-refractivity contribution is 7.26. The zero-order valence-corrected chi connectivity index (χ0v) is 52.7. The molecule has 5 nitrogen and oxygen atoms in total. The lowest BCUT2D eigenvalue weighted by Gasteiger charge is -2.16. The highest BCUT2D eigenvalue weighted by Crippen LogP contribution is 2.45. The Bertz CT molecular complexity index is 6820. The van der Waals surface area contributed by atoms with Crippen LogP contribution in [0.25, 0.3) is 199 Å². The van der Waals surface area contributed by atoms with Crippen molar-refractivity contribution in [1.29, 1.82) is 0 Å². The number of benzene rings is 14. The summed E-state index contributed by atoms with van der Waals surface area (Å²) in [5.41, 5.74) is 17.7. The minimum Gasteiger partial charge on any atom is -0.309 e. The molecule has 8 heteroatoms. The Hall–Kier alpha value is -11.5. The van der Waals surface area contributed by atoms with Crippen LogP contribution in [-0.2, 0) is 0 Å². The summed E-state index contributed by atoms with van der Waals surface area (Å²) >= 11 is 5.59. The van der Waals surface area contributed by atoms with Crippen LogP contribution in [0, 0.1) is 0 Å². The average Bonchev–Trinajstić information content (AvgIpc) is 1.53. The van der Waals surface area contributed by atoms with Crippen LogP contribution in [0.4, 0.5) is 0 Å². The van der Waals surface area contributed by atoms with Crippen molar-refractivity contribution in [3.63, 3.8) is 0 Å². The van der Waals surface area contributed by atoms with Crippen LogP contribution in [0.15, 0.2) is 297 Å². The second-order valence-electron chi connectivity index (χ2n) is 24.8. The second kappa shape index (κ2) is 20.0. The van der Waals surface area contributed by atoms with Crippen molar-refractivity contribution in [2.75, 3.05) is 0 Å². The summed E-state index contributed by atoms with van der Waals surface area (Å²) in [6, 6.07) is 110. The molecular weight excluding hydrogens is 1200 g/mol. The number of thiophene rings is 3. The molecule has 21 rings (SSSR count). The average molecular weight is 1250 g/mol. The first-order valence-corrected chi connectivity index (χ1v) is 34.3. The van der Waals surface area contributed by atoms with Gasteiger partial charge in [0.15, 0.2) is 5.82 Å². The van der Waals surface area contributed by atoms with E-state index in [2.05, 4.69) is 311 Å². The summed E-state index contributed by atoms with van der Waals surface area (Å²) in [6.07, 6.45) is 0. The van der Waals surface area contributed by atoms with E-state index in [1.165, 1.54) is 115 Å². The van der Waals surface area contributed by atoms with E-state index in [1.807, 2.05) is 34.0 Å². The molecule has 436 valence electrons. The first-order valence-electron chi connectivity index (χ1n) is 31.8. The third-order valence-corrected chi connectivity index (χ3v) is 23.0. The minimum atomic E-state index is 0.647. The van der Waals surface area contributed by atoms with E-state index < -0.39 is 0 Å². The number of aromatic nitrogens is 5. The van der Waals surface area contributed by atoms with Gasteiger partial charge in [0.25, 0.3) is 0 Å². The standard InChI is InChI=1S/C86H49N5S3/c1-7-22-73-59(16-1)68-43-50(53-28-35-65-62-19-4-10-25-79(62)92-82(65)46-53)31-39-76(68)89(73)57-15-13-14-56(42-57)85-87-72-38-34-58(90-74-23-8-2-17-60(74)69-44-51(32-40-77(69)90)54-29-36-66-63-20-5-11-26-80(63)93-83(66)47-54)49-71(72)86(88-85)91-75-24-9-3-18-61(75)70-45-52(33-41-78(70)91)55-30-37-67-64-21-6-12-27-81(64)94-84(67)48-55/h1-49H. The van der Waals surface area contributed by atoms with Crippen LogP contribution >= 0.6 is 34.0 Å². The maximum atomic E-state index is 5.84. The Morgan fingerprint density at radius 1 is 0.202 bits per heavy atom. The number of rotatable bonds is 7. The fourth-order valence-electron chi connectivity index (χ4n) is 15.3. The fraction of sp³-hybridized carbons (Fsp3) is 0.